The second kappa shape index (κ2) is 4.39. The number of nitrogens with zero attached hydrogens (tertiary/aromatic N) is 3. The Hall–Kier alpha value is -1.36. The largest absolute Gasteiger partial charge is 0.368 e. The molecule has 3 rings (SSSR count). The SMILES string of the molecule is CC(C)c1cc(N2CC3CCN[C@H]3C2)nc(N)n1. The predicted octanol–water partition coefficient (Wildman–Crippen LogP) is 0.980. The molecule has 0 aromatic carbocycles. The molecule has 0 aliphatic carbocycles. The van der Waals surface area contributed by atoms with Gasteiger partial charge in [0, 0.05) is 25.2 Å². The molecule has 2 saturated heterocycles. The highest BCUT2D eigenvalue weighted by atomic mass is 15.3. The van der Waals surface area contributed by atoms with Crippen LogP contribution in [0.5, 0.6) is 0 Å². The van der Waals surface area contributed by atoms with E-state index in [0.717, 1.165) is 37.1 Å². The van der Waals surface area contributed by atoms with Crippen molar-refractivity contribution < 1.29 is 0 Å². The molecule has 0 radical (unpaired) electrons. The van der Waals surface area contributed by atoms with Gasteiger partial charge in [0.2, 0.25) is 5.95 Å². The molecule has 2 atom stereocenters. The Morgan fingerprint density at radius 1 is 1.39 bits per heavy atom. The summed E-state index contributed by atoms with van der Waals surface area (Å²) in [7, 11) is 0. The van der Waals surface area contributed by atoms with E-state index in [0.29, 0.717) is 17.9 Å². The number of aromatic nitrogens is 2. The van der Waals surface area contributed by atoms with E-state index in [-0.39, 0.29) is 0 Å². The molecule has 18 heavy (non-hydrogen) atoms. The molecule has 2 fully saturated rings. The average Bonchev–Trinajstić information content (AvgIpc) is 2.87. The van der Waals surface area contributed by atoms with Gasteiger partial charge in [0.15, 0.2) is 0 Å². The van der Waals surface area contributed by atoms with E-state index < -0.39 is 0 Å². The number of rotatable bonds is 2. The standard InChI is InChI=1S/C13H21N5/c1-8(2)10-5-12(17-13(14)16-10)18-6-9-3-4-15-11(9)7-18/h5,8-9,11,15H,3-4,6-7H2,1-2H3,(H2,14,16,17)/t9?,11-/m0/s1. The summed E-state index contributed by atoms with van der Waals surface area (Å²) in [6.45, 7) is 7.55. The van der Waals surface area contributed by atoms with E-state index in [1.54, 1.807) is 0 Å². The molecule has 5 heteroatoms. The fourth-order valence-corrected chi connectivity index (χ4v) is 2.97. The van der Waals surface area contributed by atoms with E-state index in [1.807, 2.05) is 0 Å². The van der Waals surface area contributed by atoms with Crippen LogP contribution in [0.25, 0.3) is 0 Å². The van der Waals surface area contributed by atoms with Crippen LogP contribution >= 0.6 is 0 Å². The Balaban J connectivity index is 1.84. The van der Waals surface area contributed by atoms with E-state index in [4.69, 9.17) is 5.73 Å². The van der Waals surface area contributed by atoms with Gasteiger partial charge in [-0.05, 0) is 24.8 Å². The lowest BCUT2D eigenvalue weighted by atomic mass is 10.1. The van der Waals surface area contributed by atoms with Crippen molar-refractivity contribution in [3.8, 4) is 0 Å². The average molecular weight is 247 g/mol. The van der Waals surface area contributed by atoms with Crippen LogP contribution in [-0.4, -0.2) is 35.6 Å². The van der Waals surface area contributed by atoms with Crippen LogP contribution in [-0.2, 0) is 0 Å². The van der Waals surface area contributed by atoms with Crippen molar-refractivity contribution in [2.24, 2.45) is 5.92 Å². The van der Waals surface area contributed by atoms with Gasteiger partial charge in [-0.25, -0.2) is 4.98 Å². The molecule has 1 aromatic rings. The summed E-state index contributed by atoms with van der Waals surface area (Å²) in [5.41, 5.74) is 6.85. The highest BCUT2D eigenvalue weighted by Gasteiger charge is 2.36. The van der Waals surface area contributed by atoms with Gasteiger partial charge >= 0.3 is 0 Å². The van der Waals surface area contributed by atoms with Crippen LogP contribution in [0.3, 0.4) is 0 Å². The summed E-state index contributed by atoms with van der Waals surface area (Å²) >= 11 is 0. The summed E-state index contributed by atoms with van der Waals surface area (Å²) in [4.78, 5) is 11.0. The van der Waals surface area contributed by atoms with Crippen molar-refractivity contribution in [1.29, 1.82) is 0 Å². The maximum atomic E-state index is 5.82. The Labute approximate surface area is 108 Å². The van der Waals surface area contributed by atoms with Gasteiger partial charge in [-0.15, -0.1) is 0 Å². The van der Waals surface area contributed by atoms with Gasteiger partial charge in [-0.2, -0.15) is 4.98 Å². The lowest BCUT2D eigenvalue weighted by Gasteiger charge is -2.19. The number of fused-ring (bicyclic) bond motifs is 1. The van der Waals surface area contributed by atoms with E-state index >= 15 is 0 Å². The summed E-state index contributed by atoms with van der Waals surface area (Å²) in [5, 5.41) is 3.55. The molecular formula is C13H21N5. The minimum absolute atomic E-state index is 0.384. The molecule has 3 N–H and O–H groups in total. The fourth-order valence-electron chi connectivity index (χ4n) is 2.97. The molecule has 2 aliphatic heterocycles. The van der Waals surface area contributed by atoms with Crippen LogP contribution in [0.1, 0.15) is 31.9 Å². The normalized spacial score (nSPS) is 26.9. The lowest BCUT2D eigenvalue weighted by Crippen LogP contribution is -2.30. The molecule has 0 spiro atoms. The third kappa shape index (κ3) is 2.03. The van der Waals surface area contributed by atoms with Gasteiger partial charge in [-0.3, -0.25) is 0 Å². The molecule has 2 aliphatic rings. The van der Waals surface area contributed by atoms with Gasteiger partial charge < -0.3 is 16.0 Å². The molecule has 0 bridgehead atoms. The molecule has 0 saturated carbocycles. The number of anilines is 2. The zero-order valence-electron chi connectivity index (χ0n) is 11.1. The molecule has 98 valence electrons. The maximum Gasteiger partial charge on any atom is 0.222 e. The van der Waals surface area contributed by atoms with Gasteiger partial charge in [0.1, 0.15) is 5.82 Å². The number of nitrogens with two attached hydrogens (primary N) is 1. The van der Waals surface area contributed by atoms with E-state index in [1.165, 1.54) is 6.42 Å². The third-order valence-electron chi connectivity index (χ3n) is 4.03. The van der Waals surface area contributed by atoms with Crippen LogP contribution in [0.2, 0.25) is 0 Å². The molecule has 1 unspecified atom stereocenters. The van der Waals surface area contributed by atoms with E-state index in [2.05, 4.69) is 40.1 Å². The Bertz CT molecular complexity index is 433. The number of nitrogens with one attached hydrogen (secondary N) is 1. The van der Waals surface area contributed by atoms with E-state index in [9.17, 15) is 0 Å². The van der Waals surface area contributed by atoms with Crippen LogP contribution in [0, 0.1) is 5.92 Å². The Kier molecular flexibility index (Phi) is 2.86. The first-order chi connectivity index (χ1) is 8.63. The van der Waals surface area contributed by atoms with Gasteiger partial charge in [0.25, 0.3) is 0 Å². The summed E-state index contributed by atoms with van der Waals surface area (Å²) in [6.07, 6.45) is 1.28. The van der Waals surface area contributed by atoms with Crippen molar-refractivity contribution >= 4 is 11.8 Å². The topological polar surface area (TPSA) is 67.1 Å². The first kappa shape index (κ1) is 11.7. The van der Waals surface area contributed by atoms with Crippen molar-refractivity contribution in [1.82, 2.24) is 15.3 Å². The molecule has 3 heterocycles. The first-order valence-corrected chi connectivity index (χ1v) is 6.76. The second-order valence-corrected chi connectivity index (χ2v) is 5.68. The monoisotopic (exact) mass is 247 g/mol. The van der Waals surface area contributed by atoms with Crippen LogP contribution in [0.4, 0.5) is 11.8 Å². The Morgan fingerprint density at radius 2 is 2.22 bits per heavy atom. The lowest BCUT2D eigenvalue weighted by molar-refractivity contribution is 0.556. The third-order valence-corrected chi connectivity index (χ3v) is 4.03. The van der Waals surface area contributed by atoms with Crippen LogP contribution < -0.4 is 16.0 Å². The maximum absolute atomic E-state index is 5.82. The minimum Gasteiger partial charge on any atom is -0.368 e. The highest BCUT2D eigenvalue weighted by Crippen LogP contribution is 2.29. The molecule has 1 aromatic heterocycles. The number of hydrogen-bond acceptors (Lipinski definition) is 5. The summed E-state index contributed by atoms with van der Waals surface area (Å²) in [5.74, 6) is 2.53. The first-order valence-electron chi connectivity index (χ1n) is 6.76. The van der Waals surface area contributed by atoms with Crippen molar-refractivity contribution in [2.75, 3.05) is 30.3 Å². The zero-order chi connectivity index (χ0) is 12.7. The molecular weight excluding hydrogens is 226 g/mol. The van der Waals surface area contributed by atoms with Gasteiger partial charge in [0.05, 0.1) is 5.69 Å². The zero-order valence-corrected chi connectivity index (χ0v) is 11.1. The quantitative estimate of drug-likeness (QED) is 0.815. The minimum atomic E-state index is 0.384. The number of hydrogen-bond donors (Lipinski definition) is 2. The van der Waals surface area contributed by atoms with Crippen molar-refractivity contribution in [3.05, 3.63) is 11.8 Å². The smallest absolute Gasteiger partial charge is 0.222 e. The van der Waals surface area contributed by atoms with Crippen molar-refractivity contribution in [3.63, 3.8) is 0 Å². The predicted molar refractivity (Wildman–Crippen MR) is 72.6 cm³/mol. The van der Waals surface area contributed by atoms with Crippen molar-refractivity contribution in [2.45, 2.75) is 32.2 Å². The summed E-state index contributed by atoms with van der Waals surface area (Å²) in [6, 6.07) is 2.71. The fraction of sp³-hybridized carbons (Fsp3) is 0.692. The Morgan fingerprint density at radius 3 is 2.94 bits per heavy atom. The second-order valence-electron chi connectivity index (χ2n) is 5.68. The molecule has 0 amide bonds. The van der Waals surface area contributed by atoms with Crippen LogP contribution in [0.15, 0.2) is 6.07 Å². The number of nitrogen functional groups attached to an aromatic ring is 1. The summed E-state index contributed by atoms with van der Waals surface area (Å²) < 4.78 is 0. The highest BCUT2D eigenvalue weighted by molar-refractivity contribution is 5.46. The van der Waals surface area contributed by atoms with Gasteiger partial charge in [-0.1, -0.05) is 13.8 Å². The molecule has 5 nitrogen and oxygen atoms in total.